The summed E-state index contributed by atoms with van der Waals surface area (Å²) in [6.45, 7) is 4.58. The Hall–Kier alpha value is -1.03. The number of rotatable bonds is 4. The third-order valence-corrected chi connectivity index (χ3v) is 4.63. The van der Waals surface area contributed by atoms with Gasteiger partial charge in [0.05, 0.1) is 6.04 Å². The highest BCUT2D eigenvalue weighted by atomic mass is 79.9. The van der Waals surface area contributed by atoms with Gasteiger partial charge in [-0.15, -0.1) is 0 Å². The Morgan fingerprint density at radius 2 is 1.90 bits per heavy atom. The highest BCUT2D eigenvalue weighted by Crippen LogP contribution is 2.26. The lowest BCUT2D eigenvalue weighted by Gasteiger charge is -2.20. The molecule has 2 aromatic rings. The van der Waals surface area contributed by atoms with Gasteiger partial charge in [0.15, 0.2) is 0 Å². The third kappa shape index (κ3) is 3.54. The van der Waals surface area contributed by atoms with Crippen LogP contribution in [0.25, 0.3) is 0 Å². The molecule has 0 heterocycles. The Kier molecular flexibility index (Phi) is 5.08. The molecule has 0 aliphatic carbocycles. The highest BCUT2D eigenvalue weighted by molar-refractivity contribution is 9.10. The maximum atomic E-state index is 6.16. The summed E-state index contributed by atoms with van der Waals surface area (Å²) in [4.78, 5) is 0. The van der Waals surface area contributed by atoms with E-state index in [1.807, 2.05) is 25.1 Å². The SMILES string of the molecule is Cc1ccc(NC(CN)c2ccc(Br)c(C)c2)cc1Cl. The molecular weight excluding hydrogens is 336 g/mol. The molecule has 0 aromatic heterocycles. The molecule has 20 heavy (non-hydrogen) atoms. The summed E-state index contributed by atoms with van der Waals surface area (Å²) in [7, 11) is 0. The molecule has 1 unspecified atom stereocenters. The maximum absolute atomic E-state index is 6.16. The number of nitrogens with one attached hydrogen (secondary N) is 1. The van der Waals surface area contributed by atoms with E-state index in [-0.39, 0.29) is 6.04 Å². The van der Waals surface area contributed by atoms with E-state index in [9.17, 15) is 0 Å². The van der Waals surface area contributed by atoms with E-state index in [0.29, 0.717) is 6.54 Å². The van der Waals surface area contributed by atoms with Crippen LogP contribution in [-0.2, 0) is 0 Å². The van der Waals surface area contributed by atoms with Crippen molar-refractivity contribution in [3.8, 4) is 0 Å². The van der Waals surface area contributed by atoms with Crippen molar-refractivity contribution >= 4 is 33.2 Å². The standard InChI is InChI=1S/C16H18BrClN2/c1-10-3-5-13(8-15(10)18)20-16(9-19)12-4-6-14(17)11(2)7-12/h3-8,16,20H,9,19H2,1-2H3. The molecule has 2 nitrogen and oxygen atoms in total. The molecule has 0 saturated heterocycles. The van der Waals surface area contributed by atoms with E-state index >= 15 is 0 Å². The van der Waals surface area contributed by atoms with Gasteiger partial charge in [0, 0.05) is 21.7 Å². The number of anilines is 1. The minimum Gasteiger partial charge on any atom is -0.377 e. The lowest BCUT2D eigenvalue weighted by Crippen LogP contribution is -2.20. The molecule has 0 bridgehead atoms. The van der Waals surface area contributed by atoms with Gasteiger partial charge in [-0.25, -0.2) is 0 Å². The molecule has 0 spiro atoms. The number of aryl methyl sites for hydroxylation is 2. The average Bonchev–Trinajstić information content (AvgIpc) is 2.43. The first-order valence-electron chi connectivity index (χ1n) is 6.50. The Labute approximate surface area is 133 Å². The zero-order valence-electron chi connectivity index (χ0n) is 11.6. The first kappa shape index (κ1) is 15.4. The molecule has 3 N–H and O–H groups in total. The van der Waals surface area contributed by atoms with Gasteiger partial charge in [0.25, 0.3) is 0 Å². The molecular formula is C16H18BrClN2. The lowest BCUT2D eigenvalue weighted by atomic mass is 10.0. The second kappa shape index (κ2) is 6.61. The van der Waals surface area contributed by atoms with Crippen LogP contribution in [-0.4, -0.2) is 6.54 Å². The fourth-order valence-electron chi connectivity index (χ4n) is 2.05. The minimum atomic E-state index is 0.0700. The van der Waals surface area contributed by atoms with Gasteiger partial charge in [-0.2, -0.15) is 0 Å². The van der Waals surface area contributed by atoms with Crippen LogP contribution in [0.1, 0.15) is 22.7 Å². The first-order chi connectivity index (χ1) is 9.51. The second-order valence-electron chi connectivity index (χ2n) is 4.91. The molecule has 0 fully saturated rings. The monoisotopic (exact) mass is 352 g/mol. The lowest BCUT2D eigenvalue weighted by molar-refractivity contribution is 0.788. The molecule has 0 radical (unpaired) electrons. The van der Waals surface area contributed by atoms with Crippen molar-refractivity contribution in [2.75, 3.05) is 11.9 Å². The summed E-state index contributed by atoms with van der Waals surface area (Å²) in [6, 6.07) is 12.3. The van der Waals surface area contributed by atoms with Crippen LogP contribution in [0.2, 0.25) is 5.02 Å². The molecule has 106 valence electrons. The number of hydrogen-bond acceptors (Lipinski definition) is 2. The van der Waals surface area contributed by atoms with Gasteiger partial charge in [-0.05, 0) is 48.7 Å². The minimum absolute atomic E-state index is 0.0700. The smallest absolute Gasteiger partial charge is 0.0636 e. The van der Waals surface area contributed by atoms with Gasteiger partial charge >= 0.3 is 0 Å². The topological polar surface area (TPSA) is 38.0 Å². The molecule has 2 aromatic carbocycles. The fraction of sp³-hybridized carbons (Fsp3) is 0.250. The van der Waals surface area contributed by atoms with Crippen LogP contribution in [0.4, 0.5) is 5.69 Å². The van der Waals surface area contributed by atoms with E-state index in [2.05, 4.69) is 46.4 Å². The Bertz CT molecular complexity index is 613. The van der Waals surface area contributed by atoms with Crippen LogP contribution in [0, 0.1) is 13.8 Å². The summed E-state index contributed by atoms with van der Waals surface area (Å²) >= 11 is 9.67. The van der Waals surface area contributed by atoms with Gasteiger partial charge in [0.2, 0.25) is 0 Å². The van der Waals surface area contributed by atoms with Crippen molar-refractivity contribution in [1.82, 2.24) is 0 Å². The van der Waals surface area contributed by atoms with Gasteiger partial charge in [-0.1, -0.05) is 45.7 Å². The molecule has 0 amide bonds. The first-order valence-corrected chi connectivity index (χ1v) is 7.67. The van der Waals surface area contributed by atoms with E-state index in [4.69, 9.17) is 17.3 Å². The summed E-state index contributed by atoms with van der Waals surface area (Å²) in [6.07, 6.45) is 0. The fourth-order valence-corrected chi connectivity index (χ4v) is 2.47. The average molecular weight is 354 g/mol. The van der Waals surface area contributed by atoms with E-state index < -0.39 is 0 Å². The third-order valence-electron chi connectivity index (χ3n) is 3.33. The molecule has 4 heteroatoms. The second-order valence-corrected chi connectivity index (χ2v) is 6.17. The van der Waals surface area contributed by atoms with Gasteiger partial charge in [0.1, 0.15) is 0 Å². The van der Waals surface area contributed by atoms with Crippen molar-refractivity contribution in [1.29, 1.82) is 0 Å². The molecule has 0 aliphatic heterocycles. The number of nitrogens with two attached hydrogens (primary N) is 1. The largest absolute Gasteiger partial charge is 0.377 e. The predicted octanol–water partition coefficient (Wildman–Crippen LogP) is 4.83. The zero-order chi connectivity index (χ0) is 14.7. The van der Waals surface area contributed by atoms with Crippen molar-refractivity contribution < 1.29 is 0 Å². The quantitative estimate of drug-likeness (QED) is 0.826. The van der Waals surface area contributed by atoms with Crippen molar-refractivity contribution in [2.24, 2.45) is 5.73 Å². The van der Waals surface area contributed by atoms with Crippen molar-refractivity contribution in [3.05, 3.63) is 62.6 Å². The molecule has 0 aliphatic rings. The van der Waals surface area contributed by atoms with Crippen molar-refractivity contribution in [3.63, 3.8) is 0 Å². The van der Waals surface area contributed by atoms with Crippen LogP contribution in [0.5, 0.6) is 0 Å². The number of hydrogen-bond donors (Lipinski definition) is 2. The summed E-state index contributed by atoms with van der Waals surface area (Å²) in [5.41, 5.74) is 10.3. The van der Waals surface area contributed by atoms with E-state index in [0.717, 1.165) is 20.7 Å². The van der Waals surface area contributed by atoms with Crippen LogP contribution >= 0.6 is 27.5 Å². The number of halogens is 2. The predicted molar refractivity (Wildman–Crippen MR) is 90.5 cm³/mol. The van der Waals surface area contributed by atoms with Crippen molar-refractivity contribution in [2.45, 2.75) is 19.9 Å². The van der Waals surface area contributed by atoms with E-state index in [1.165, 1.54) is 11.1 Å². The Balaban J connectivity index is 2.23. The Morgan fingerprint density at radius 1 is 1.15 bits per heavy atom. The summed E-state index contributed by atoms with van der Waals surface area (Å²) < 4.78 is 1.11. The van der Waals surface area contributed by atoms with Crippen LogP contribution in [0.15, 0.2) is 40.9 Å². The van der Waals surface area contributed by atoms with E-state index in [1.54, 1.807) is 0 Å². The zero-order valence-corrected chi connectivity index (χ0v) is 13.9. The highest BCUT2D eigenvalue weighted by Gasteiger charge is 2.11. The molecule has 0 saturated carbocycles. The van der Waals surface area contributed by atoms with Crippen LogP contribution in [0.3, 0.4) is 0 Å². The normalized spacial score (nSPS) is 12.2. The maximum Gasteiger partial charge on any atom is 0.0636 e. The summed E-state index contributed by atoms with van der Waals surface area (Å²) in [5.74, 6) is 0. The van der Waals surface area contributed by atoms with Gasteiger partial charge in [-0.3, -0.25) is 0 Å². The molecule has 2 rings (SSSR count). The number of benzene rings is 2. The summed E-state index contributed by atoms with van der Waals surface area (Å²) in [5, 5.41) is 4.20. The molecule has 1 atom stereocenters. The van der Waals surface area contributed by atoms with Crippen LogP contribution < -0.4 is 11.1 Å². The van der Waals surface area contributed by atoms with Gasteiger partial charge < -0.3 is 11.1 Å². The Morgan fingerprint density at radius 3 is 2.50 bits per heavy atom.